The Morgan fingerprint density at radius 1 is 0.862 bits per heavy atom. The van der Waals surface area contributed by atoms with Crippen molar-refractivity contribution in [3.63, 3.8) is 0 Å². The third kappa shape index (κ3) is 5.13. The van der Waals surface area contributed by atoms with Crippen LogP contribution in [0.3, 0.4) is 0 Å². The second-order valence-electron chi connectivity index (χ2n) is 6.03. The van der Waals surface area contributed by atoms with E-state index in [1.165, 1.54) is 0 Å². The monoisotopic (exact) mass is 394 g/mol. The first-order valence-electron chi connectivity index (χ1n) is 8.87. The van der Waals surface area contributed by atoms with Crippen molar-refractivity contribution in [1.82, 2.24) is 15.5 Å². The lowest BCUT2D eigenvalue weighted by atomic mass is 10.2. The molecule has 1 aromatic heterocycles. The van der Waals surface area contributed by atoms with Crippen LogP contribution in [0.4, 0.5) is 11.5 Å². The summed E-state index contributed by atoms with van der Waals surface area (Å²) in [7, 11) is 4.78. The van der Waals surface area contributed by atoms with Crippen molar-refractivity contribution in [3.8, 4) is 17.2 Å². The molecule has 8 heteroatoms. The highest BCUT2D eigenvalue weighted by molar-refractivity contribution is 5.92. The summed E-state index contributed by atoms with van der Waals surface area (Å²) >= 11 is 0. The highest BCUT2D eigenvalue weighted by atomic mass is 16.5. The standard InChI is InChI=1S/C21H22N4O4/c1-27-15-6-4-14(5-7-15)13-22-21(26)17-9-11-20(25-24-17)23-18-12-16(28-2)8-10-19(18)29-3/h4-12H,13H2,1-3H3,(H,22,26)(H,23,25). The lowest BCUT2D eigenvalue weighted by Gasteiger charge is -2.12. The Kier molecular flexibility index (Phi) is 6.47. The minimum Gasteiger partial charge on any atom is -0.497 e. The van der Waals surface area contributed by atoms with E-state index in [-0.39, 0.29) is 11.6 Å². The molecule has 0 saturated heterocycles. The van der Waals surface area contributed by atoms with E-state index < -0.39 is 0 Å². The average Bonchev–Trinajstić information content (AvgIpc) is 2.78. The molecule has 0 bridgehead atoms. The molecule has 2 N–H and O–H groups in total. The molecule has 1 heterocycles. The maximum Gasteiger partial charge on any atom is 0.272 e. The number of ether oxygens (including phenoxy) is 3. The molecule has 2 aromatic carbocycles. The summed E-state index contributed by atoms with van der Waals surface area (Å²) in [4.78, 5) is 12.3. The van der Waals surface area contributed by atoms with E-state index >= 15 is 0 Å². The van der Waals surface area contributed by atoms with E-state index in [9.17, 15) is 4.79 Å². The lowest BCUT2D eigenvalue weighted by molar-refractivity contribution is 0.0945. The van der Waals surface area contributed by atoms with Gasteiger partial charge in [-0.25, -0.2) is 0 Å². The Morgan fingerprint density at radius 3 is 2.21 bits per heavy atom. The fraction of sp³-hybridized carbons (Fsp3) is 0.190. The number of hydrogen-bond acceptors (Lipinski definition) is 7. The number of benzene rings is 2. The number of methoxy groups -OCH3 is 3. The van der Waals surface area contributed by atoms with Gasteiger partial charge in [-0.2, -0.15) is 0 Å². The van der Waals surface area contributed by atoms with Crippen molar-refractivity contribution in [2.75, 3.05) is 26.6 Å². The van der Waals surface area contributed by atoms with Crippen LogP contribution in [0.1, 0.15) is 16.1 Å². The summed E-state index contributed by atoms with van der Waals surface area (Å²) in [6, 6.07) is 16.1. The summed E-state index contributed by atoms with van der Waals surface area (Å²) in [6.45, 7) is 0.380. The zero-order valence-corrected chi connectivity index (χ0v) is 16.4. The van der Waals surface area contributed by atoms with Crippen molar-refractivity contribution < 1.29 is 19.0 Å². The number of carbonyl (C=O) groups is 1. The Morgan fingerprint density at radius 2 is 1.59 bits per heavy atom. The second kappa shape index (κ2) is 9.41. The van der Waals surface area contributed by atoms with Crippen molar-refractivity contribution in [2.24, 2.45) is 0 Å². The SMILES string of the molecule is COc1ccc(CNC(=O)c2ccc(Nc3cc(OC)ccc3OC)nn2)cc1. The van der Waals surface area contributed by atoms with Gasteiger partial charge in [0, 0.05) is 12.6 Å². The largest absolute Gasteiger partial charge is 0.497 e. The number of amides is 1. The number of aromatic nitrogens is 2. The molecular weight excluding hydrogens is 372 g/mol. The molecule has 29 heavy (non-hydrogen) atoms. The van der Waals surface area contributed by atoms with Gasteiger partial charge in [-0.1, -0.05) is 12.1 Å². The quantitative estimate of drug-likeness (QED) is 0.606. The molecule has 3 aromatic rings. The Bertz CT molecular complexity index is 959. The third-order valence-corrected chi connectivity index (χ3v) is 4.18. The van der Waals surface area contributed by atoms with Crippen LogP contribution in [0.15, 0.2) is 54.6 Å². The van der Waals surface area contributed by atoms with Crippen molar-refractivity contribution in [2.45, 2.75) is 6.54 Å². The van der Waals surface area contributed by atoms with Crippen LogP contribution in [-0.4, -0.2) is 37.4 Å². The summed E-state index contributed by atoms with van der Waals surface area (Å²) in [6.07, 6.45) is 0. The third-order valence-electron chi connectivity index (χ3n) is 4.18. The van der Waals surface area contributed by atoms with Gasteiger partial charge in [-0.3, -0.25) is 4.79 Å². The van der Waals surface area contributed by atoms with Crippen LogP contribution in [-0.2, 0) is 6.54 Å². The topological polar surface area (TPSA) is 94.6 Å². The fourth-order valence-corrected chi connectivity index (χ4v) is 2.59. The molecule has 0 saturated carbocycles. The summed E-state index contributed by atoms with van der Waals surface area (Å²) in [5.41, 5.74) is 1.86. The maximum atomic E-state index is 12.3. The fourth-order valence-electron chi connectivity index (χ4n) is 2.59. The highest BCUT2D eigenvalue weighted by Crippen LogP contribution is 2.30. The Balaban J connectivity index is 1.62. The molecule has 150 valence electrons. The highest BCUT2D eigenvalue weighted by Gasteiger charge is 2.10. The van der Waals surface area contributed by atoms with Gasteiger partial charge in [0.05, 0.1) is 27.0 Å². The Hall–Kier alpha value is -3.81. The summed E-state index contributed by atoms with van der Waals surface area (Å²) < 4.78 is 15.7. The molecule has 3 rings (SSSR count). The van der Waals surface area contributed by atoms with Gasteiger partial charge in [-0.15, -0.1) is 10.2 Å². The van der Waals surface area contributed by atoms with Crippen LogP contribution in [0.2, 0.25) is 0 Å². The molecule has 0 fully saturated rings. The van der Waals surface area contributed by atoms with Crippen LogP contribution in [0.5, 0.6) is 17.2 Å². The molecule has 0 atom stereocenters. The first-order chi connectivity index (χ1) is 14.1. The second-order valence-corrected chi connectivity index (χ2v) is 6.03. The predicted molar refractivity (Wildman–Crippen MR) is 109 cm³/mol. The van der Waals surface area contributed by atoms with E-state index in [1.807, 2.05) is 24.3 Å². The van der Waals surface area contributed by atoms with Crippen molar-refractivity contribution >= 4 is 17.4 Å². The molecule has 0 radical (unpaired) electrons. The van der Waals surface area contributed by atoms with Crippen LogP contribution < -0.4 is 24.8 Å². The van der Waals surface area contributed by atoms with E-state index in [0.717, 1.165) is 11.3 Å². The average molecular weight is 394 g/mol. The number of anilines is 2. The smallest absolute Gasteiger partial charge is 0.272 e. The number of nitrogens with zero attached hydrogens (tertiary/aromatic N) is 2. The zero-order valence-electron chi connectivity index (χ0n) is 16.4. The minimum absolute atomic E-state index is 0.224. The number of rotatable bonds is 8. The number of nitrogens with one attached hydrogen (secondary N) is 2. The first-order valence-corrected chi connectivity index (χ1v) is 8.87. The molecular formula is C21H22N4O4. The minimum atomic E-state index is -0.307. The van der Waals surface area contributed by atoms with Gasteiger partial charge in [0.2, 0.25) is 0 Å². The van der Waals surface area contributed by atoms with Gasteiger partial charge >= 0.3 is 0 Å². The zero-order chi connectivity index (χ0) is 20.6. The van der Waals surface area contributed by atoms with E-state index in [0.29, 0.717) is 29.5 Å². The van der Waals surface area contributed by atoms with E-state index in [1.54, 1.807) is 51.7 Å². The van der Waals surface area contributed by atoms with Crippen LogP contribution in [0, 0.1) is 0 Å². The first kappa shape index (κ1) is 19.9. The van der Waals surface area contributed by atoms with Crippen LogP contribution in [0.25, 0.3) is 0 Å². The van der Waals surface area contributed by atoms with Crippen molar-refractivity contribution in [1.29, 1.82) is 0 Å². The summed E-state index contributed by atoms with van der Waals surface area (Å²) in [5.74, 6) is 2.24. The number of carbonyl (C=O) groups excluding carboxylic acids is 1. The number of hydrogen-bond donors (Lipinski definition) is 2. The molecule has 0 aliphatic carbocycles. The Labute approximate surface area is 168 Å². The molecule has 1 amide bonds. The lowest BCUT2D eigenvalue weighted by Crippen LogP contribution is -2.24. The van der Waals surface area contributed by atoms with Gasteiger partial charge in [-0.05, 0) is 42.0 Å². The summed E-state index contributed by atoms with van der Waals surface area (Å²) in [5, 5.41) is 14.0. The maximum absolute atomic E-state index is 12.3. The van der Waals surface area contributed by atoms with Gasteiger partial charge in [0.15, 0.2) is 11.5 Å². The molecule has 0 unspecified atom stereocenters. The van der Waals surface area contributed by atoms with Gasteiger partial charge in [0.25, 0.3) is 5.91 Å². The molecule has 8 nitrogen and oxygen atoms in total. The van der Waals surface area contributed by atoms with Gasteiger partial charge in [0.1, 0.15) is 17.2 Å². The molecule has 0 aliphatic rings. The van der Waals surface area contributed by atoms with E-state index in [4.69, 9.17) is 14.2 Å². The van der Waals surface area contributed by atoms with E-state index in [2.05, 4.69) is 20.8 Å². The molecule has 0 aliphatic heterocycles. The molecule has 0 spiro atoms. The van der Waals surface area contributed by atoms with Crippen molar-refractivity contribution in [3.05, 3.63) is 65.9 Å². The normalized spacial score (nSPS) is 10.2. The predicted octanol–water partition coefficient (Wildman–Crippen LogP) is 3.18. The van der Waals surface area contributed by atoms with Crippen LogP contribution >= 0.6 is 0 Å². The van der Waals surface area contributed by atoms with Gasteiger partial charge < -0.3 is 24.8 Å².